The summed E-state index contributed by atoms with van der Waals surface area (Å²) in [5, 5.41) is 4.97. The maximum absolute atomic E-state index is 4.54. The summed E-state index contributed by atoms with van der Waals surface area (Å²) in [4.78, 5) is 10.9. The molecule has 1 aliphatic carbocycles. The number of rotatable bonds is 3. The predicted molar refractivity (Wildman–Crippen MR) is 86.4 cm³/mol. The first kappa shape index (κ1) is 12.5. The van der Waals surface area contributed by atoms with Crippen LogP contribution < -0.4 is 5.32 Å². The molecule has 0 atom stereocenters. The van der Waals surface area contributed by atoms with Crippen molar-refractivity contribution in [2.45, 2.75) is 38.1 Å². The van der Waals surface area contributed by atoms with Crippen LogP contribution in [-0.2, 0) is 0 Å². The van der Waals surface area contributed by atoms with Gasteiger partial charge in [0, 0.05) is 47.3 Å². The molecule has 3 aromatic heterocycles. The minimum Gasteiger partial charge on any atom is -0.381 e. The van der Waals surface area contributed by atoms with Crippen molar-refractivity contribution in [3.05, 3.63) is 36.9 Å². The van der Waals surface area contributed by atoms with Gasteiger partial charge in [-0.15, -0.1) is 0 Å². The Morgan fingerprint density at radius 2 is 2.00 bits per heavy atom. The van der Waals surface area contributed by atoms with Gasteiger partial charge in [0.2, 0.25) is 0 Å². The summed E-state index contributed by atoms with van der Waals surface area (Å²) in [6.07, 6.45) is 14.5. The van der Waals surface area contributed by atoms with E-state index < -0.39 is 0 Å². The molecular formula is C17H20N4. The molecule has 3 heterocycles. The number of anilines is 1. The van der Waals surface area contributed by atoms with E-state index in [0.717, 1.165) is 5.65 Å². The van der Waals surface area contributed by atoms with Crippen LogP contribution in [0.2, 0.25) is 0 Å². The van der Waals surface area contributed by atoms with Crippen LogP contribution in [0.1, 0.15) is 32.1 Å². The van der Waals surface area contributed by atoms with E-state index in [1.165, 1.54) is 54.3 Å². The van der Waals surface area contributed by atoms with E-state index in [1.54, 1.807) is 0 Å². The third-order valence-corrected chi connectivity index (χ3v) is 4.45. The number of hydrogen-bond acceptors (Lipinski definition) is 2. The fourth-order valence-electron chi connectivity index (χ4n) is 3.32. The molecule has 0 aromatic carbocycles. The van der Waals surface area contributed by atoms with Crippen molar-refractivity contribution in [2.24, 2.45) is 0 Å². The molecule has 108 valence electrons. The Morgan fingerprint density at radius 1 is 1.10 bits per heavy atom. The molecule has 4 nitrogen and oxygen atoms in total. The van der Waals surface area contributed by atoms with Gasteiger partial charge >= 0.3 is 0 Å². The van der Waals surface area contributed by atoms with Crippen LogP contribution >= 0.6 is 0 Å². The minimum absolute atomic E-state index is 0.581. The molecule has 1 fully saturated rings. The van der Waals surface area contributed by atoms with Gasteiger partial charge in [-0.2, -0.15) is 0 Å². The largest absolute Gasteiger partial charge is 0.381 e. The van der Waals surface area contributed by atoms with Crippen LogP contribution in [0.15, 0.2) is 36.9 Å². The zero-order valence-corrected chi connectivity index (χ0v) is 12.0. The van der Waals surface area contributed by atoms with E-state index >= 15 is 0 Å². The van der Waals surface area contributed by atoms with Crippen LogP contribution in [0.5, 0.6) is 0 Å². The summed E-state index contributed by atoms with van der Waals surface area (Å²) in [5.41, 5.74) is 4.53. The standard InChI is InChI=1S/C17H20N4/c1-2-4-13(5-3-1)21-16-14-7-9-19-17(14)20-11-15(16)12-6-8-18-10-12/h6-11,13,18H,1-5H2,(H2,19,20,21). The summed E-state index contributed by atoms with van der Waals surface area (Å²) in [5.74, 6) is 0. The van der Waals surface area contributed by atoms with Gasteiger partial charge in [-0.3, -0.25) is 0 Å². The molecule has 0 radical (unpaired) electrons. The van der Waals surface area contributed by atoms with Gasteiger partial charge in [-0.1, -0.05) is 19.3 Å². The maximum Gasteiger partial charge on any atom is 0.139 e. The molecule has 0 saturated heterocycles. The number of nitrogens with zero attached hydrogens (tertiary/aromatic N) is 1. The molecule has 0 aliphatic heterocycles. The number of pyridine rings is 1. The lowest BCUT2D eigenvalue weighted by molar-refractivity contribution is 0.463. The molecule has 0 amide bonds. The summed E-state index contributed by atoms with van der Waals surface area (Å²) >= 11 is 0. The Morgan fingerprint density at radius 3 is 2.81 bits per heavy atom. The van der Waals surface area contributed by atoms with Crippen molar-refractivity contribution < 1.29 is 0 Å². The molecule has 0 spiro atoms. The molecular weight excluding hydrogens is 260 g/mol. The van der Waals surface area contributed by atoms with Gasteiger partial charge in [-0.25, -0.2) is 4.98 Å². The lowest BCUT2D eigenvalue weighted by Gasteiger charge is -2.25. The summed E-state index contributed by atoms with van der Waals surface area (Å²) in [6, 6.07) is 4.79. The first-order valence-corrected chi connectivity index (χ1v) is 7.77. The van der Waals surface area contributed by atoms with Crippen LogP contribution in [-0.4, -0.2) is 21.0 Å². The Hall–Kier alpha value is -2.23. The van der Waals surface area contributed by atoms with Gasteiger partial charge in [0.25, 0.3) is 0 Å². The molecule has 1 saturated carbocycles. The van der Waals surface area contributed by atoms with Gasteiger partial charge < -0.3 is 15.3 Å². The number of fused-ring (bicyclic) bond motifs is 1. The Labute approximate surface area is 124 Å². The van der Waals surface area contributed by atoms with Crippen molar-refractivity contribution in [3.63, 3.8) is 0 Å². The van der Waals surface area contributed by atoms with E-state index in [4.69, 9.17) is 0 Å². The molecule has 1 aliphatic rings. The normalized spacial score (nSPS) is 16.4. The Balaban J connectivity index is 1.79. The van der Waals surface area contributed by atoms with Gasteiger partial charge in [0.15, 0.2) is 0 Å². The second-order valence-electron chi connectivity index (χ2n) is 5.87. The molecule has 4 rings (SSSR count). The van der Waals surface area contributed by atoms with Crippen LogP contribution in [0.4, 0.5) is 5.69 Å². The SMILES string of the molecule is c1cc(-c2cnc3[nH]ccc3c2NC2CCCCC2)c[nH]1. The third kappa shape index (κ3) is 2.31. The monoisotopic (exact) mass is 280 g/mol. The van der Waals surface area contributed by atoms with Crippen molar-refractivity contribution >= 4 is 16.7 Å². The topological polar surface area (TPSA) is 56.5 Å². The van der Waals surface area contributed by atoms with E-state index in [9.17, 15) is 0 Å². The zero-order chi connectivity index (χ0) is 14.1. The van der Waals surface area contributed by atoms with E-state index in [-0.39, 0.29) is 0 Å². The molecule has 3 aromatic rings. The van der Waals surface area contributed by atoms with E-state index in [0.29, 0.717) is 6.04 Å². The quantitative estimate of drug-likeness (QED) is 0.670. The van der Waals surface area contributed by atoms with Crippen LogP contribution in [0.25, 0.3) is 22.2 Å². The van der Waals surface area contributed by atoms with E-state index in [1.807, 2.05) is 24.8 Å². The van der Waals surface area contributed by atoms with Gasteiger partial charge in [0.1, 0.15) is 5.65 Å². The van der Waals surface area contributed by atoms with Gasteiger partial charge in [-0.05, 0) is 25.0 Å². The third-order valence-electron chi connectivity index (χ3n) is 4.45. The molecule has 3 N–H and O–H groups in total. The molecule has 4 heteroatoms. The smallest absolute Gasteiger partial charge is 0.139 e. The summed E-state index contributed by atoms with van der Waals surface area (Å²) in [6.45, 7) is 0. The number of aromatic amines is 2. The highest BCUT2D eigenvalue weighted by Gasteiger charge is 2.18. The second-order valence-corrected chi connectivity index (χ2v) is 5.87. The maximum atomic E-state index is 4.54. The molecule has 21 heavy (non-hydrogen) atoms. The predicted octanol–water partition coefficient (Wildman–Crippen LogP) is 4.30. The minimum atomic E-state index is 0.581. The zero-order valence-electron chi connectivity index (χ0n) is 12.0. The van der Waals surface area contributed by atoms with Gasteiger partial charge in [0.05, 0.1) is 5.69 Å². The fraction of sp³-hybridized carbons (Fsp3) is 0.353. The van der Waals surface area contributed by atoms with Crippen molar-refractivity contribution in [2.75, 3.05) is 5.32 Å². The number of aromatic nitrogens is 3. The lowest BCUT2D eigenvalue weighted by atomic mass is 9.94. The highest BCUT2D eigenvalue weighted by Crippen LogP contribution is 2.35. The Bertz CT molecular complexity index is 720. The van der Waals surface area contributed by atoms with Crippen LogP contribution in [0.3, 0.4) is 0 Å². The number of H-pyrrole nitrogens is 2. The molecule has 0 unspecified atom stereocenters. The van der Waals surface area contributed by atoms with Crippen molar-refractivity contribution in [3.8, 4) is 11.1 Å². The fourth-order valence-corrected chi connectivity index (χ4v) is 3.32. The molecule has 0 bridgehead atoms. The highest BCUT2D eigenvalue weighted by atomic mass is 14.9. The first-order valence-electron chi connectivity index (χ1n) is 7.77. The Kier molecular flexibility index (Phi) is 3.14. The number of hydrogen-bond donors (Lipinski definition) is 3. The first-order chi connectivity index (χ1) is 10.4. The van der Waals surface area contributed by atoms with Crippen LogP contribution in [0, 0.1) is 0 Å². The average molecular weight is 280 g/mol. The number of nitrogens with one attached hydrogen (secondary N) is 3. The van der Waals surface area contributed by atoms with E-state index in [2.05, 4.69) is 32.4 Å². The summed E-state index contributed by atoms with van der Waals surface area (Å²) < 4.78 is 0. The van der Waals surface area contributed by atoms with Crippen molar-refractivity contribution in [1.29, 1.82) is 0 Å². The highest BCUT2D eigenvalue weighted by molar-refractivity contribution is 5.98. The summed E-state index contributed by atoms with van der Waals surface area (Å²) in [7, 11) is 0. The lowest BCUT2D eigenvalue weighted by Crippen LogP contribution is -2.22. The average Bonchev–Trinajstić information content (AvgIpc) is 3.20. The second kappa shape index (κ2) is 5.28. The van der Waals surface area contributed by atoms with Crippen molar-refractivity contribution in [1.82, 2.24) is 15.0 Å².